The summed E-state index contributed by atoms with van der Waals surface area (Å²) in [5.41, 5.74) is 1.24. The first-order valence-electron chi connectivity index (χ1n) is 10.7. The molecule has 34 heavy (non-hydrogen) atoms. The maximum absolute atomic E-state index is 13.1. The fourth-order valence-electron chi connectivity index (χ4n) is 4.36. The van der Waals surface area contributed by atoms with Gasteiger partial charge in [0.2, 0.25) is 18.0 Å². The van der Waals surface area contributed by atoms with Gasteiger partial charge in [-0.05, 0) is 24.1 Å². The summed E-state index contributed by atoms with van der Waals surface area (Å²) in [6.07, 6.45) is -0.823. The third-order valence-electron chi connectivity index (χ3n) is 5.97. The van der Waals surface area contributed by atoms with Gasteiger partial charge in [0.15, 0.2) is 11.5 Å². The van der Waals surface area contributed by atoms with Crippen LogP contribution in [-0.2, 0) is 25.5 Å². The maximum atomic E-state index is 13.1. The number of esters is 1. The van der Waals surface area contributed by atoms with Gasteiger partial charge in [0, 0.05) is 18.4 Å². The minimum atomic E-state index is -1.19. The fourth-order valence-corrected chi connectivity index (χ4v) is 4.36. The summed E-state index contributed by atoms with van der Waals surface area (Å²) in [6, 6.07) is 9.90. The van der Waals surface area contributed by atoms with Crippen LogP contribution in [0.1, 0.15) is 40.6 Å². The Morgan fingerprint density at radius 2 is 1.88 bits per heavy atom. The molecule has 178 valence electrons. The summed E-state index contributed by atoms with van der Waals surface area (Å²) in [5.74, 6) is -2.40. The lowest BCUT2D eigenvalue weighted by Gasteiger charge is -2.30. The van der Waals surface area contributed by atoms with Gasteiger partial charge in [0.05, 0.1) is 14.2 Å². The van der Waals surface area contributed by atoms with Crippen LogP contribution in [0.4, 0.5) is 0 Å². The van der Waals surface area contributed by atoms with Crippen molar-refractivity contribution in [3.05, 3.63) is 59.2 Å². The van der Waals surface area contributed by atoms with Gasteiger partial charge in [-0.15, -0.1) is 0 Å². The highest BCUT2D eigenvalue weighted by atomic mass is 16.6. The number of hydrogen-bond acceptors (Lipinski definition) is 7. The fraction of sp³-hybridized carbons (Fsp3) is 0.333. The molecule has 2 aromatic carbocycles. The van der Waals surface area contributed by atoms with Crippen molar-refractivity contribution in [2.75, 3.05) is 14.2 Å². The van der Waals surface area contributed by atoms with Gasteiger partial charge < -0.3 is 24.6 Å². The van der Waals surface area contributed by atoms with E-state index in [-0.39, 0.29) is 36.5 Å². The standard InChI is InChI=1S/C24H24N2O8/c1-32-17-10-8-14-19(20(17)33-2)24(31)34-22(14)26-16(9-11-18(26)27)21(28)25-15(23(29)30)12-13-6-4-3-5-7-13/h3-8,10,15-16,22H,9,11-12H2,1-2H3,(H,25,28)(H,29,30)/t15-,16+,22-/m1/s1. The second kappa shape index (κ2) is 9.42. The van der Waals surface area contributed by atoms with Gasteiger partial charge in [0.25, 0.3) is 0 Å². The molecule has 10 nitrogen and oxygen atoms in total. The van der Waals surface area contributed by atoms with Crippen LogP contribution >= 0.6 is 0 Å². The number of cyclic esters (lactones) is 1. The summed E-state index contributed by atoms with van der Waals surface area (Å²) < 4.78 is 16.0. The molecule has 10 heteroatoms. The summed E-state index contributed by atoms with van der Waals surface area (Å²) in [4.78, 5) is 51.6. The number of benzene rings is 2. The average Bonchev–Trinajstić information content (AvgIpc) is 3.37. The summed E-state index contributed by atoms with van der Waals surface area (Å²) in [7, 11) is 2.81. The number of hydrogen-bond donors (Lipinski definition) is 2. The third-order valence-corrected chi connectivity index (χ3v) is 5.97. The first-order chi connectivity index (χ1) is 16.3. The van der Waals surface area contributed by atoms with Crippen molar-refractivity contribution >= 4 is 23.8 Å². The second-order valence-electron chi connectivity index (χ2n) is 7.97. The lowest BCUT2D eigenvalue weighted by Crippen LogP contribution is -2.51. The van der Waals surface area contributed by atoms with E-state index in [9.17, 15) is 24.3 Å². The molecule has 0 unspecified atom stereocenters. The van der Waals surface area contributed by atoms with Gasteiger partial charge in [0.1, 0.15) is 17.6 Å². The minimum Gasteiger partial charge on any atom is -0.493 e. The minimum absolute atomic E-state index is 0.0607. The Balaban J connectivity index is 1.59. The Kier molecular flexibility index (Phi) is 6.40. The molecule has 2 amide bonds. The SMILES string of the molecule is COc1ccc2c(c1OC)C(=O)O[C@H]2N1C(=O)CC[C@H]1C(=O)N[C@H](Cc1ccccc1)C(=O)O. The number of carbonyl (C=O) groups is 4. The van der Waals surface area contributed by atoms with Crippen molar-refractivity contribution in [3.8, 4) is 11.5 Å². The molecule has 0 saturated carbocycles. The Morgan fingerprint density at radius 1 is 1.15 bits per heavy atom. The molecule has 4 rings (SSSR count). The molecule has 2 aliphatic heterocycles. The molecule has 3 atom stereocenters. The topological polar surface area (TPSA) is 131 Å². The van der Waals surface area contributed by atoms with Crippen LogP contribution in [0.15, 0.2) is 42.5 Å². The molecular formula is C24H24N2O8. The molecule has 0 aromatic heterocycles. The van der Waals surface area contributed by atoms with Gasteiger partial charge in [-0.1, -0.05) is 30.3 Å². The predicted octanol–water partition coefficient (Wildman–Crippen LogP) is 1.68. The van der Waals surface area contributed by atoms with Gasteiger partial charge >= 0.3 is 11.9 Å². The number of likely N-dealkylation sites (tertiary alicyclic amines) is 1. The number of nitrogens with one attached hydrogen (secondary N) is 1. The van der Waals surface area contributed by atoms with Crippen molar-refractivity contribution in [1.29, 1.82) is 0 Å². The number of nitrogens with zero attached hydrogens (tertiary/aromatic N) is 1. The summed E-state index contributed by atoms with van der Waals surface area (Å²) in [6.45, 7) is 0. The monoisotopic (exact) mass is 468 g/mol. The molecular weight excluding hydrogens is 444 g/mol. The molecule has 2 heterocycles. The first-order valence-corrected chi connectivity index (χ1v) is 10.7. The molecule has 2 aromatic rings. The van der Waals surface area contributed by atoms with Crippen molar-refractivity contribution in [3.63, 3.8) is 0 Å². The van der Waals surface area contributed by atoms with Crippen LogP contribution in [-0.4, -0.2) is 60.1 Å². The summed E-state index contributed by atoms with van der Waals surface area (Å²) in [5, 5.41) is 12.2. The number of amides is 2. The van der Waals surface area contributed by atoms with E-state index in [0.29, 0.717) is 11.3 Å². The van der Waals surface area contributed by atoms with Crippen LogP contribution in [0.2, 0.25) is 0 Å². The number of aliphatic carboxylic acids is 1. The predicted molar refractivity (Wildman–Crippen MR) is 117 cm³/mol. The highest BCUT2D eigenvalue weighted by molar-refractivity contribution is 5.99. The van der Waals surface area contributed by atoms with Gasteiger partial charge in [-0.25, -0.2) is 9.59 Å². The zero-order valence-corrected chi connectivity index (χ0v) is 18.6. The van der Waals surface area contributed by atoms with Crippen LogP contribution in [0, 0.1) is 0 Å². The number of methoxy groups -OCH3 is 2. The van der Waals surface area contributed by atoms with E-state index in [1.54, 1.807) is 36.4 Å². The first kappa shape index (κ1) is 23.1. The van der Waals surface area contributed by atoms with Crippen molar-refractivity contribution in [1.82, 2.24) is 10.2 Å². The van der Waals surface area contributed by atoms with E-state index in [1.807, 2.05) is 6.07 Å². The number of ether oxygens (including phenoxy) is 3. The molecule has 1 fully saturated rings. The molecule has 2 aliphatic rings. The smallest absolute Gasteiger partial charge is 0.344 e. The molecule has 2 N–H and O–H groups in total. The maximum Gasteiger partial charge on any atom is 0.344 e. The number of carboxylic acid groups (broad SMARTS) is 1. The quantitative estimate of drug-likeness (QED) is 0.560. The van der Waals surface area contributed by atoms with Gasteiger partial charge in [-0.3, -0.25) is 14.5 Å². The summed E-state index contributed by atoms with van der Waals surface area (Å²) >= 11 is 0. The van der Waals surface area contributed by atoms with Crippen molar-refractivity contribution < 1.29 is 38.5 Å². The molecule has 1 saturated heterocycles. The third kappa shape index (κ3) is 4.14. The van der Waals surface area contributed by atoms with Crippen molar-refractivity contribution in [2.24, 2.45) is 0 Å². The normalized spacial score (nSPS) is 19.9. The molecule has 0 radical (unpaired) electrons. The van der Waals surface area contributed by atoms with Crippen LogP contribution in [0.5, 0.6) is 11.5 Å². The second-order valence-corrected chi connectivity index (χ2v) is 7.97. The van der Waals surface area contributed by atoms with Crippen LogP contribution in [0.25, 0.3) is 0 Å². The zero-order chi connectivity index (χ0) is 24.4. The Morgan fingerprint density at radius 3 is 2.53 bits per heavy atom. The molecule has 0 aliphatic carbocycles. The van der Waals surface area contributed by atoms with Crippen molar-refractivity contribution in [2.45, 2.75) is 37.6 Å². The van der Waals surface area contributed by atoms with Gasteiger partial charge in [-0.2, -0.15) is 0 Å². The van der Waals surface area contributed by atoms with E-state index in [0.717, 1.165) is 5.56 Å². The van der Waals surface area contributed by atoms with E-state index in [1.165, 1.54) is 19.1 Å². The number of carboxylic acids is 1. The number of fused-ring (bicyclic) bond motifs is 1. The zero-order valence-electron chi connectivity index (χ0n) is 18.6. The lowest BCUT2D eigenvalue weighted by molar-refractivity contribution is -0.147. The molecule has 0 bridgehead atoms. The van der Waals surface area contributed by atoms with Crippen LogP contribution in [0.3, 0.4) is 0 Å². The Bertz CT molecular complexity index is 1130. The highest BCUT2D eigenvalue weighted by Crippen LogP contribution is 2.45. The average molecular weight is 468 g/mol. The number of carbonyl (C=O) groups excluding carboxylic acids is 3. The van der Waals surface area contributed by atoms with E-state index < -0.39 is 36.2 Å². The Labute approximate surface area is 195 Å². The van der Waals surface area contributed by atoms with E-state index in [2.05, 4.69) is 5.32 Å². The van der Waals surface area contributed by atoms with E-state index in [4.69, 9.17) is 14.2 Å². The number of rotatable bonds is 8. The Hall–Kier alpha value is -4.08. The van der Waals surface area contributed by atoms with E-state index >= 15 is 0 Å². The molecule has 0 spiro atoms. The van der Waals surface area contributed by atoms with Crippen LogP contribution < -0.4 is 14.8 Å². The lowest BCUT2D eigenvalue weighted by atomic mass is 10.0. The highest BCUT2D eigenvalue weighted by Gasteiger charge is 2.48. The largest absolute Gasteiger partial charge is 0.493 e.